The Hall–Kier alpha value is -6.42. The highest BCUT2D eigenvalue weighted by Gasteiger charge is 2.51. The van der Waals surface area contributed by atoms with Crippen molar-refractivity contribution in [2.75, 3.05) is 19.1 Å². The van der Waals surface area contributed by atoms with Crippen LogP contribution in [0.5, 0.6) is 11.5 Å². The molecule has 4 aromatic carbocycles. The minimum atomic E-state index is -3.29. The Morgan fingerprint density at radius 3 is 1.36 bits per heavy atom. The lowest BCUT2D eigenvalue weighted by molar-refractivity contribution is 0.104. The summed E-state index contributed by atoms with van der Waals surface area (Å²) in [6.45, 7) is 3.23. The molecule has 0 radical (unpaired) electrons. The first-order valence-electron chi connectivity index (χ1n) is 23.4. The first-order chi connectivity index (χ1) is 32.7. The van der Waals surface area contributed by atoms with Crippen molar-refractivity contribution in [2.45, 2.75) is 105 Å². The Morgan fingerprint density at radius 2 is 0.971 bits per heavy atom. The predicted molar refractivity (Wildman–Crippen MR) is 269 cm³/mol. The molecule has 0 amide bonds. The molecule has 4 fully saturated rings. The van der Waals surface area contributed by atoms with Gasteiger partial charge in [0, 0.05) is 78.2 Å². The number of hydrogen-bond donors (Lipinski definition) is 0. The summed E-state index contributed by atoms with van der Waals surface area (Å²) in [4.78, 5) is 12.6. The van der Waals surface area contributed by atoms with E-state index in [9.17, 15) is 16.8 Å². The van der Waals surface area contributed by atoms with Crippen LogP contribution >= 0.6 is 0 Å². The van der Waals surface area contributed by atoms with Gasteiger partial charge >= 0.3 is 0 Å². The van der Waals surface area contributed by atoms with Gasteiger partial charge < -0.3 is 9.47 Å². The van der Waals surface area contributed by atoms with Crippen LogP contribution in [0.2, 0.25) is 0 Å². The summed E-state index contributed by atoms with van der Waals surface area (Å²) in [6, 6.07) is 31.6. The van der Waals surface area contributed by atoms with Crippen LogP contribution in [0.4, 0.5) is 0 Å². The maximum absolute atomic E-state index is 12.0. The molecule has 6 heterocycles. The van der Waals surface area contributed by atoms with Crippen LogP contribution in [-0.4, -0.2) is 93.3 Å². The van der Waals surface area contributed by atoms with Gasteiger partial charge in [-0.15, -0.1) is 0 Å². The van der Waals surface area contributed by atoms with E-state index in [-0.39, 0.29) is 28.4 Å². The highest BCUT2D eigenvalue weighted by atomic mass is 32.2. The molecule has 69 heavy (non-hydrogen) atoms. The van der Waals surface area contributed by atoms with Gasteiger partial charge in [0.25, 0.3) is 0 Å². The molecule has 12 rings (SSSR count). The zero-order valence-corrected chi connectivity index (χ0v) is 40.0. The van der Waals surface area contributed by atoms with E-state index in [1.165, 1.54) is 38.2 Å². The third-order valence-electron chi connectivity index (χ3n) is 14.2. The van der Waals surface area contributed by atoms with Crippen LogP contribution in [0.25, 0.3) is 55.8 Å². The van der Waals surface area contributed by atoms with Gasteiger partial charge in [0.05, 0.1) is 22.2 Å². The molecule has 2 saturated carbocycles. The maximum Gasteiger partial charge on any atom is 0.175 e. The first-order valence-corrected chi connectivity index (χ1v) is 27.1. The number of hydrogen-bond acceptors (Lipinski definition) is 11. The molecule has 0 N–H and O–H groups in total. The van der Waals surface area contributed by atoms with Crippen LogP contribution < -0.4 is 9.47 Å². The lowest BCUT2D eigenvalue weighted by Crippen LogP contribution is -2.40. The molecule has 2 aliphatic carbocycles. The molecule has 2 saturated heterocycles. The topological polar surface area (TPSA) is 150 Å². The summed E-state index contributed by atoms with van der Waals surface area (Å²) in [6.07, 6.45) is 24.4. The van der Waals surface area contributed by atoms with E-state index in [1.807, 2.05) is 61.2 Å². The van der Waals surface area contributed by atoms with E-state index in [1.54, 1.807) is 57.8 Å². The molecule has 0 unspecified atom stereocenters. The normalized spacial score (nSPS) is 18.9. The maximum atomic E-state index is 12.0. The average Bonchev–Trinajstić information content (AvgIpc) is 4.04. The molecule has 4 aromatic heterocycles. The number of rotatable bonds is 13. The van der Waals surface area contributed by atoms with Gasteiger partial charge in [0.2, 0.25) is 0 Å². The van der Waals surface area contributed by atoms with Crippen molar-refractivity contribution in [1.82, 2.24) is 34.1 Å². The van der Waals surface area contributed by atoms with Crippen molar-refractivity contribution in [3.63, 3.8) is 0 Å². The van der Waals surface area contributed by atoms with Crippen molar-refractivity contribution in [3.05, 3.63) is 134 Å². The molecule has 13 nitrogen and oxygen atoms in total. The van der Waals surface area contributed by atoms with Crippen LogP contribution in [0.1, 0.15) is 72.1 Å². The summed E-state index contributed by atoms with van der Waals surface area (Å²) in [5.74, 6) is 1.82. The quantitative estimate of drug-likeness (QED) is 0.109. The van der Waals surface area contributed by atoms with Crippen molar-refractivity contribution < 1.29 is 26.3 Å². The SMILES string of the molecule is C.CCC1(Oc2ccc(-c3cnc4c(-c5cccc(S(C)(=O)=O)c5)cnn4c3)cc2)CC1.CS(=O)(=O)c1cccc(-c2cnn3cc(-c4ccc(OC5(CN6C7CCC6CC7)CC5)cc4)cnc23)c1. The van der Waals surface area contributed by atoms with E-state index in [0.717, 1.165) is 107 Å². The summed E-state index contributed by atoms with van der Waals surface area (Å²) in [5, 5.41) is 8.93. The Kier molecular flexibility index (Phi) is 12.0. The van der Waals surface area contributed by atoms with E-state index in [4.69, 9.17) is 9.47 Å². The summed E-state index contributed by atoms with van der Waals surface area (Å²) in [5.41, 5.74) is 8.48. The second kappa shape index (κ2) is 17.8. The minimum absolute atomic E-state index is 0. The number of sulfone groups is 2. The standard InChI is InChI=1S/C29H30N4O3S.C24H23N3O3S.CH4/c1-37(34,35)26-4-2-3-21(15-26)27-17-31-33-18-22(16-30-28(27)33)20-5-11-25(12-6-20)36-29(13-14-29)19-32-23-7-8-24(32)10-9-23;1-3-24(11-12-24)30-20-9-7-17(8-10-20)19-14-25-23-22(15-26-27(23)16-19)18-5-4-6-21(13-18)31(2,28)29;/h2-6,11-12,15-18,23-24H,7-10,13-14,19H2,1H3;4-10,13-16H,3,11-12H2,1-2H3;1H4. The van der Waals surface area contributed by atoms with Crippen molar-refractivity contribution >= 4 is 31.0 Å². The van der Waals surface area contributed by atoms with Gasteiger partial charge in [-0.05, 0) is 129 Å². The molecule has 356 valence electrons. The number of nitrogens with zero attached hydrogens (tertiary/aromatic N) is 7. The van der Waals surface area contributed by atoms with E-state index < -0.39 is 19.7 Å². The van der Waals surface area contributed by atoms with E-state index >= 15 is 0 Å². The third kappa shape index (κ3) is 9.51. The molecular formula is C54H57N7O6S2. The van der Waals surface area contributed by atoms with Gasteiger partial charge in [-0.3, -0.25) is 4.90 Å². The second-order valence-electron chi connectivity index (χ2n) is 19.0. The highest BCUT2D eigenvalue weighted by molar-refractivity contribution is 7.91. The molecule has 8 aromatic rings. The Balaban J connectivity index is 0.000000161. The van der Waals surface area contributed by atoms with Crippen LogP contribution in [-0.2, 0) is 19.7 Å². The lowest BCUT2D eigenvalue weighted by atomic mass is 10.0. The van der Waals surface area contributed by atoms with Gasteiger partial charge in [-0.25, -0.2) is 35.8 Å². The third-order valence-corrected chi connectivity index (χ3v) is 16.5. The van der Waals surface area contributed by atoms with Crippen LogP contribution in [0, 0.1) is 0 Å². The molecular weight excluding hydrogens is 907 g/mol. The van der Waals surface area contributed by atoms with Crippen molar-refractivity contribution in [3.8, 4) is 56.0 Å². The smallest absolute Gasteiger partial charge is 0.175 e. The second-order valence-corrected chi connectivity index (χ2v) is 23.1. The molecule has 2 bridgehead atoms. The summed E-state index contributed by atoms with van der Waals surface area (Å²) in [7, 11) is -6.58. The molecule has 4 aliphatic rings. The number of fused-ring (bicyclic) bond motifs is 4. The van der Waals surface area contributed by atoms with Crippen molar-refractivity contribution in [1.29, 1.82) is 0 Å². The van der Waals surface area contributed by atoms with Crippen LogP contribution in [0.3, 0.4) is 0 Å². The molecule has 15 heteroatoms. The molecule has 0 atom stereocenters. The van der Waals surface area contributed by atoms with Gasteiger partial charge in [0.15, 0.2) is 31.0 Å². The number of benzene rings is 4. The van der Waals surface area contributed by atoms with E-state index in [0.29, 0.717) is 11.3 Å². The lowest BCUT2D eigenvalue weighted by Gasteiger charge is -2.28. The minimum Gasteiger partial charge on any atom is -0.487 e. The highest BCUT2D eigenvalue weighted by Crippen LogP contribution is 2.47. The number of ether oxygens (including phenoxy) is 2. The Morgan fingerprint density at radius 1 is 0.551 bits per heavy atom. The Labute approximate surface area is 404 Å². The fourth-order valence-electron chi connectivity index (χ4n) is 9.88. The molecule has 0 spiro atoms. The van der Waals surface area contributed by atoms with E-state index in [2.05, 4.69) is 56.3 Å². The fraction of sp³-hybridized carbons (Fsp3) is 0.333. The van der Waals surface area contributed by atoms with Gasteiger partial charge in [0.1, 0.15) is 22.7 Å². The largest absolute Gasteiger partial charge is 0.487 e. The Bertz CT molecular complexity index is 3400. The number of aromatic nitrogens is 6. The zero-order chi connectivity index (χ0) is 46.8. The van der Waals surface area contributed by atoms with Crippen LogP contribution in [0.15, 0.2) is 144 Å². The van der Waals surface area contributed by atoms with Gasteiger partial charge in [-0.2, -0.15) is 10.2 Å². The molecule has 2 aliphatic heterocycles. The predicted octanol–water partition coefficient (Wildman–Crippen LogP) is 10.4. The monoisotopic (exact) mass is 963 g/mol. The van der Waals surface area contributed by atoms with Crippen molar-refractivity contribution in [2.24, 2.45) is 0 Å². The fourth-order valence-corrected chi connectivity index (χ4v) is 11.2. The average molecular weight is 964 g/mol. The summed E-state index contributed by atoms with van der Waals surface area (Å²) >= 11 is 0. The first kappa shape index (κ1) is 46.3. The zero-order valence-electron chi connectivity index (χ0n) is 38.3. The summed E-state index contributed by atoms with van der Waals surface area (Å²) < 4.78 is 63.9. The van der Waals surface area contributed by atoms with Gasteiger partial charge in [-0.1, -0.05) is 62.9 Å².